The van der Waals surface area contributed by atoms with Crippen LogP contribution < -0.4 is 11.1 Å². The van der Waals surface area contributed by atoms with Gasteiger partial charge in [-0.2, -0.15) is 4.31 Å². The van der Waals surface area contributed by atoms with E-state index in [2.05, 4.69) is 15.3 Å². The summed E-state index contributed by atoms with van der Waals surface area (Å²) in [5, 5.41) is 11.8. The number of amides is 2. The number of anilines is 1. The normalized spacial score (nSPS) is 16.8. The fourth-order valence-corrected chi connectivity index (χ4v) is 7.38. The molecule has 1 saturated heterocycles. The molecule has 0 bridgehead atoms. The minimum absolute atomic E-state index is 0.00630. The molecule has 2 amide bonds. The smallest absolute Gasteiger partial charge is 0.408 e. The highest BCUT2D eigenvalue weighted by Gasteiger charge is 2.39. The highest BCUT2D eigenvalue weighted by Crippen LogP contribution is 2.35. The molecule has 3 heterocycles. The van der Waals surface area contributed by atoms with Crippen LogP contribution in [0, 0.1) is 0 Å². The van der Waals surface area contributed by atoms with E-state index in [0.29, 0.717) is 48.0 Å². The summed E-state index contributed by atoms with van der Waals surface area (Å²) in [5.74, 6) is -0.337. The fraction of sp³-hybridized carbons (Fsp3) is 0.267. The number of carbonyl (C=O) groups excluding carboxylic acids is 2. The number of carbonyl (C=O) groups is 2. The van der Waals surface area contributed by atoms with Crippen LogP contribution in [-0.4, -0.2) is 70.6 Å². The number of alkyl carbamates (subject to hydrolysis) is 1. The molecule has 0 saturated carbocycles. The number of aromatic nitrogens is 2. The molecule has 43 heavy (non-hydrogen) atoms. The number of rotatable bonds is 7. The maximum Gasteiger partial charge on any atom is 0.408 e. The topological polar surface area (TPSA) is 168 Å². The number of nitrogens with one attached hydrogen (secondary N) is 1. The van der Waals surface area contributed by atoms with Gasteiger partial charge < -0.3 is 25.8 Å². The zero-order chi connectivity index (χ0) is 30.1. The van der Waals surface area contributed by atoms with Crippen molar-refractivity contribution in [3.05, 3.63) is 83.6 Å². The van der Waals surface area contributed by atoms with E-state index in [1.54, 1.807) is 41.3 Å². The molecule has 12 nitrogen and oxygen atoms in total. The van der Waals surface area contributed by atoms with Gasteiger partial charge in [-0.1, -0.05) is 48.5 Å². The summed E-state index contributed by atoms with van der Waals surface area (Å²) >= 11 is 0. The molecular weight excluding hydrogens is 572 g/mol. The Morgan fingerprint density at radius 3 is 2.49 bits per heavy atom. The third kappa shape index (κ3) is 5.49. The predicted octanol–water partition coefficient (Wildman–Crippen LogP) is 2.86. The van der Waals surface area contributed by atoms with Crippen LogP contribution in [0.15, 0.2) is 71.6 Å². The van der Waals surface area contributed by atoms with E-state index in [1.807, 2.05) is 24.3 Å². The molecule has 1 fully saturated rings. The number of fused-ring (bicyclic) bond motifs is 2. The van der Waals surface area contributed by atoms with Gasteiger partial charge in [0.05, 0.1) is 17.0 Å². The Kier molecular flexibility index (Phi) is 7.69. The van der Waals surface area contributed by atoms with Crippen molar-refractivity contribution in [2.75, 3.05) is 25.4 Å². The first kappa shape index (κ1) is 28.5. The number of benzene rings is 3. The summed E-state index contributed by atoms with van der Waals surface area (Å²) in [7, 11) is -4.11. The van der Waals surface area contributed by atoms with Gasteiger partial charge in [-0.25, -0.2) is 23.2 Å². The Balaban J connectivity index is 1.36. The summed E-state index contributed by atoms with van der Waals surface area (Å²) in [4.78, 5) is 36.2. The number of nitrogens with two attached hydrogens (primary N) is 1. The van der Waals surface area contributed by atoms with Gasteiger partial charge in [0, 0.05) is 43.5 Å². The zero-order valence-corrected chi connectivity index (χ0v) is 24.0. The van der Waals surface area contributed by atoms with Crippen LogP contribution in [0.5, 0.6) is 0 Å². The number of aliphatic hydroxyl groups excluding tert-OH is 1. The van der Waals surface area contributed by atoms with Crippen LogP contribution in [0.4, 0.5) is 10.7 Å². The number of hydrogen-bond donors (Lipinski definition) is 3. The second-order valence-corrected chi connectivity index (χ2v) is 12.2. The van der Waals surface area contributed by atoms with Gasteiger partial charge in [-0.05, 0) is 41.3 Å². The Bertz CT molecular complexity index is 1810. The van der Waals surface area contributed by atoms with Crippen LogP contribution in [0.3, 0.4) is 0 Å². The first-order valence-electron chi connectivity index (χ1n) is 13.9. The number of aliphatic hydroxyl groups is 1. The molecule has 2 aliphatic heterocycles. The van der Waals surface area contributed by atoms with Gasteiger partial charge in [0.15, 0.2) is 6.23 Å². The lowest BCUT2D eigenvalue weighted by Crippen LogP contribution is -2.41. The largest absolute Gasteiger partial charge is 0.429 e. The molecule has 13 heteroatoms. The van der Waals surface area contributed by atoms with E-state index < -0.39 is 22.3 Å². The number of hydrogen-bond acceptors (Lipinski definition) is 9. The van der Waals surface area contributed by atoms with E-state index in [1.165, 1.54) is 10.4 Å². The van der Waals surface area contributed by atoms with Crippen molar-refractivity contribution < 1.29 is 27.9 Å². The molecule has 3 aromatic carbocycles. The second kappa shape index (κ2) is 11.6. The lowest BCUT2D eigenvalue weighted by atomic mass is 10.0. The van der Waals surface area contributed by atoms with E-state index in [9.17, 15) is 18.0 Å². The SMILES string of the molecule is Nc1nc(C(=O)N2Cc3ccccc3C2)c2cc(-c3ccccc3S(=O)(=O)N3CCCC3OC(=O)NCCO)ccc2n1. The van der Waals surface area contributed by atoms with E-state index >= 15 is 0 Å². The Morgan fingerprint density at radius 2 is 1.74 bits per heavy atom. The van der Waals surface area contributed by atoms with Gasteiger partial charge >= 0.3 is 6.09 Å². The summed E-state index contributed by atoms with van der Waals surface area (Å²) in [6.45, 7) is 0.790. The average Bonchev–Trinajstić information content (AvgIpc) is 3.67. The molecule has 222 valence electrons. The van der Waals surface area contributed by atoms with Crippen molar-refractivity contribution in [1.29, 1.82) is 0 Å². The van der Waals surface area contributed by atoms with Gasteiger partial charge in [0.2, 0.25) is 16.0 Å². The van der Waals surface area contributed by atoms with Gasteiger partial charge in [-0.3, -0.25) is 4.79 Å². The van der Waals surface area contributed by atoms with Crippen molar-refractivity contribution in [3.8, 4) is 11.1 Å². The number of ether oxygens (including phenoxy) is 1. The third-order valence-electron chi connectivity index (χ3n) is 7.60. The highest BCUT2D eigenvalue weighted by atomic mass is 32.2. The molecule has 2 aliphatic rings. The average molecular weight is 603 g/mol. The predicted molar refractivity (Wildman–Crippen MR) is 158 cm³/mol. The fourth-order valence-electron chi connectivity index (χ4n) is 5.59. The van der Waals surface area contributed by atoms with E-state index in [-0.39, 0.29) is 42.1 Å². The van der Waals surface area contributed by atoms with Crippen LogP contribution >= 0.6 is 0 Å². The molecule has 1 unspecified atom stereocenters. The van der Waals surface area contributed by atoms with Gasteiger partial charge in [0.1, 0.15) is 5.69 Å². The lowest BCUT2D eigenvalue weighted by molar-refractivity contribution is 0.0514. The Hall–Kier alpha value is -4.59. The van der Waals surface area contributed by atoms with Gasteiger partial charge in [0.25, 0.3) is 5.91 Å². The molecule has 4 N–H and O–H groups in total. The maximum atomic E-state index is 14.0. The Labute approximate surface area is 248 Å². The molecule has 1 atom stereocenters. The number of nitrogens with zero attached hydrogens (tertiary/aromatic N) is 4. The third-order valence-corrected chi connectivity index (χ3v) is 9.55. The number of nitrogen functional groups attached to an aromatic ring is 1. The molecule has 0 aliphatic carbocycles. The quantitative estimate of drug-likeness (QED) is 0.288. The molecule has 4 aromatic rings. The summed E-state index contributed by atoms with van der Waals surface area (Å²) in [5.41, 5.74) is 9.66. The summed E-state index contributed by atoms with van der Waals surface area (Å²) in [6, 6.07) is 19.5. The van der Waals surface area contributed by atoms with Crippen LogP contribution in [0.25, 0.3) is 22.0 Å². The van der Waals surface area contributed by atoms with E-state index in [0.717, 1.165) is 11.1 Å². The molecule has 6 rings (SSSR count). The van der Waals surface area contributed by atoms with Crippen LogP contribution in [0.1, 0.15) is 34.5 Å². The van der Waals surface area contributed by atoms with Crippen molar-refractivity contribution in [2.45, 2.75) is 37.1 Å². The summed E-state index contributed by atoms with van der Waals surface area (Å²) in [6.07, 6.45) is -0.936. The van der Waals surface area contributed by atoms with Crippen LogP contribution in [0.2, 0.25) is 0 Å². The standard InChI is InChI=1S/C30H30N6O6S/c31-29-33-24-12-11-19(16-23(24)27(34-29)28(38)35-17-20-6-1-2-7-21(20)18-35)22-8-3-4-9-25(22)43(40,41)36-14-5-10-26(36)42-30(39)32-13-15-37/h1-4,6-9,11-12,16,26,37H,5,10,13-15,17-18H2,(H,32,39)(H2,31,33,34). The van der Waals surface area contributed by atoms with Crippen LogP contribution in [-0.2, 0) is 27.8 Å². The maximum absolute atomic E-state index is 14.0. The number of sulfonamides is 1. The molecular formula is C30H30N6O6S. The Morgan fingerprint density at radius 1 is 1.02 bits per heavy atom. The first-order valence-corrected chi connectivity index (χ1v) is 15.3. The van der Waals surface area contributed by atoms with Crippen molar-refractivity contribution in [1.82, 2.24) is 24.5 Å². The second-order valence-electron chi connectivity index (χ2n) is 10.4. The van der Waals surface area contributed by atoms with Gasteiger partial charge in [-0.15, -0.1) is 0 Å². The summed E-state index contributed by atoms with van der Waals surface area (Å²) < 4.78 is 34.5. The van der Waals surface area contributed by atoms with E-state index in [4.69, 9.17) is 15.6 Å². The first-order chi connectivity index (χ1) is 20.8. The molecule has 0 radical (unpaired) electrons. The monoisotopic (exact) mass is 602 g/mol. The minimum atomic E-state index is -4.11. The lowest BCUT2D eigenvalue weighted by Gasteiger charge is -2.25. The zero-order valence-electron chi connectivity index (χ0n) is 23.1. The molecule has 1 aromatic heterocycles. The molecule has 0 spiro atoms. The minimum Gasteiger partial charge on any atom is -0.429 e. The van der Waals surface area contributed by atoms with Crippen molar-refractivity contribution in [3.63, 3.8) is 0 Å². The highest BCUT2D eigenvalue weighted by molar-refractivity contribution is 7.89. The van der Waals surface area contributed by atoms with Crippen molar-refractivity contribution >= 4 is 38.9 Å². The van der Waals surface area contributed by atoms with Crippen molar-refractivity contribution in [2.24, 2.45) is 0 Å².